The summed E-state index contributed by atoms with van der Waals surface area (Å²) >= 11 is 0. The standard InChI is InChI=1S/C40H29N/c1-3-8-28(9-4-1)29-16-22-35(23-17-29)41(34-12-5-2-6-13-34)36-24-18-30(19-25-36)37-26-20-33-15-14-31-10-7-11-32-21-27-38(37)40(33)39(31)32/h1-20,22-27,37H,21H2. The zero-order valence-corrected chi connectivity index (χ0v) is 22.7. The van der Waals surface area contributed by atoms with Gasteiger partial charge >= 0.3 is 0 Å². The van der Waals surface area contributed by atoms with E-state index < -0.39 is 0 Å². The van der Waals surface area contributed by atoms with E-state index in [0.29, 0.717) is 0 Å². The first-order valence-electron chi connectivity index (χ1n) is 14.4. The van der Waals surface area contributed by atoms with Crippen LogP contribution in [0, 0.1) is 0 Å². The van der Waals surface area contributed by atoms with Crippen molar-refractivity contribution in [1.29, 1.82) is 0 Å². The molecule has 0 spiro atoms. The topological polar surface area (TPSA) is 3.24 Å². The number of hydrogen-bond acceptors (Lipinski definition) is 1. The van der Waals surface area contributed by atoms with Crippen LogP contribution in [0.25, 0.3) is 33.5 Å². The Bertz CT molecular complexity index is 1930. The van der Waals surface area contributed by atoms with Crippen molar-refractivity contribution in [3.05, 3.63) is 174 Å². The van der Waals surface area contributed by atoms with Gasteiger partial charge in [-0.1, -0.05) is 121 Å². The van der Waals surface area contributed by atoms with E-state index in [4.69, 9.17) is 0 Å². The van der Waals surface area contributed by atoms with Crippen LogP contribution in [-0.4, -0.2) is 0 Å². The summed E-state index contributed by atoms with van der Waals surface area (Å²) in [6.45, 7) is 0. The van der Waals surface area contributed by atoms with E-state index in [9.17, 15) is 0 Å². The Morgan fingerprint density at radius 1 is 0.537 bits per heavy atom. The molecule has 0 radical (unpaired) electrons. The molecule has 0 aliphatic heterocycles. The molecule has 194 valence electrons. The van der Waals surface area contributed by atoms with Crippen molar-refractivity contribution < 1.29 is 0 Å². The Morgan fingerprint density at radius 2 is 1.20 bits per heavy atom. The molecule has 41 heavy (non-hydrogen) atoms. The van der Waals surface area contributed by atoms with Gasteiger partial charge in [-0.3, -0.25) is 0 Å². The summed E-state index contributed by atoms with van der Waals surface area (Å²) in [5.41, 5.74) is 12.8. The highest BCUT2D eigenvalue weighted by Gasteiger charge is 2.26. The smallest absolute Gasteiger partial charge is 0.0462 e. The second-order valence-corrected chi connectivity index (χ2v) is 10.9. The fourth-order valence-electron chi connectivity index (χ4n) is 6.58. The van der Waals surface area contributed by atoms with Crippen LogP contribution < -0.4 is 4.90 Å². The van der Waals surface area contributed by atoms with Crippen LogP contribution in [0.3, 0.4) is 0 Å². The monoisotopic (exact) mass is 523 g/mol. The van der Waals surface area contributed by atoms with Gasteiger partial charge in [0, 0.05) is 23.0 Å². The molecular formula is C40H29N. The Morgan fingerprint density at radius 3 is 1.95 bits per heavy atom. The molecule has 6 aromatic rings. The summed E-state index contributed by atoms with van der Waals surface area (Å²) in [7, 11) is 0. The Labute approximate surface area is 241 Å². The zero-order chi connectivity index (χ0) is 27.2. The lowest BCUT2D eigenvalue weighted by molar-refractivity contribution is 1.07. The molecule has 0 fully saturated rings. The summed E-state index contributed by atoms with van der Waals surface area (Å²) in [6.07, 6.45) is 8.14. The normalized spacial score (nSPS) is 15.0. The first kappa shape index (κ1) is 23.7. The number of rotatable bonds is 5. The lowest BCUT2D eigenvalue weighted by atomic mass is 9.75. The molecule has 6 aromatic carbocycles. The minimum Gasteiger partial charge on any atom is -0.311 e. The van der Waals surface area contributed by atoms with E-state index in [1.807, 2.05) is 0 Å². The molecule has 0 amide bonds. The van der Waals surface area contributed by atoms with E-state index in [1.165, 1.54) is 49.7 Å². The summed E-state index contributed by atoms with van der Waals surface area (Å²) in [6, 6.07) is 50.5. The molecule has 2 aliphatic rings. The fraction of sp³-hybridized carbons (Fsp3) is 0.0500. The van der Waals surface area contributed by atoms with Crippen LogP contribution in [0.1, 0.15) is 28.2 Å². The van der Waals surface area contributed by atoms with Gasteiger partial charge in [0.2, 0.25) is 0 Å². The maximum atomic E-state index is 2.45. The third-order valence-electron chi connectivity index (χ3n) is 8.56. The van der Waals surface area contributed by atoms with Gasteiger partial charge in [0.1, 0.15) is 0 Å². The lowest BCUT2D eigenvalue weighted by Crippen LogP contribution is -2.11. The third kappa shape index (κ3) is 4.10. The molecule has 0 heterocycles. The predicted molar refractivity (Wildman–Crippen MR) is 174 cm³/mol. The molecule has 1 heteroatoms. The maximum absolute atomic E-state index is 2.45. The number of allylic oxidation sites excluding steroid dienone is 3. The van der Waals surface area contributed by atoms with E-state index in [2.05, 4.69) is 163 Å². The SMILES string of the molecule is C1=CC(c2ccc(N(c3ccccc3)c3ccc(-c4ccccc4)cc3)cc2)C2=CCc3cccc4ccc1c2c34. The van der Waals surface area contributed by atoms with Crippen LogP contribution in [0.2, 0.25) is 0 Å². The molecule has 1 atom stereocenters. The summed E-state index contributed by atoms with van der Waals surface area (Å²) < 4.78 is 0. The maximum Gasteiger partial charge on any atom is 0.0462 e. The number of hydrogen-bond donors (Lipinski definition) is 0. The molecular weight excluding hydrogens is 494 g/mol. The van der Waals surface area contributed by atoms with E-state index in [1.54, 1.807) is 0 Å². The van der Waals surface area contributed by atoms with Gasteiger partial charge in [-0.25, -0.2) is 0 Å². The van der Waals surface area contributed by atoms with Crippen LogP contribution in [0.5, 0.6) is 0 Å². The molecule has 2 aliphatic carbocycles. The summed E-state index contributed by atoms with van der Waals surface area (Å²) in [5, 5.41) is 2.77. The largest absolute Gasteiger partial charge is 0.311 e. The number of benzene rings is 6. The van der Waals surface area contributed by atoms with Crippen molar-refractivity contribution in [3.63, 3.8) is 0 Å². The number of para-hydroxylation sites is 1. The van der Waals surface area contributed by atoms with Crippen LogP contribution in [0.15, 0.2) is 152 Å². The molecule has 8 rings (SSSR count). The van der Waals surface area contributed by atoms with E-state index >= 15 is 0 Å². The predicted octanol–water partition coefficient (Wildman–Crippen LogP) is 10.7. The summed E-state index contributed by atoms with van der Waals surface area (Å²) in [4.78, 5) is 2.34. The van der Waals surface area contributed by atoms with Gasteiger partial charge in [-0.2, -0.15) is 0 Å². The Kier molecular flexibility index (Phi) is 5.67. The molecule has 0 aromatic heterocycles. The summed E-state index contributed by atoms with van der Waals surface area (Å²) in [5.74, 6) is 0.255. The van der Waals surface area contributed by atoms with Gasteiger partial charge in [0.15, 0.2) is 0 Å². The minimum absolute atomic E-state index is 0.255. The van der Waals surface area contributed by atoms with Crippen molar-refractivity contribution in [2.24, 2.45) is 0 Å². The van der Waals surface area contributed by atoms with Crippen molar-refractivity contribution >= 4 is 39.5 Å². The molecule has 0 N–H and O–H groups in total. The van der Waals surface area contributed by atoms with Crippen LogP contribution in [0.4, 0.5) is 17.1 Å². The fourth-order valence-corrected chi connectivity index (χ4v) is 6.58. The van der Waals surface area contributed by atoms with Gasteiger partial charge in [0.25, 0.3) is 0 Å². The third-order valence-corrected chi connectivity index (χ3v) is 8.56. The number of nitrogens with zero attached hydrogens (tertiary/aromatic N) is 1. The Balaban J connectivity index is 1.16. The molecule has 0 saturated carbocycles. The quantitative estimate of drug-likeness (QED) is 0.217. The first-order valence-corrected chi connectivity index (χ1v) is 14.4. The van der Waals surface area contributed by atoms with E-state index in [0.717, 1.165) is 23.5 Å². The van der Waals surface area contributed by atoms with E-state index in [-0.39, 0.29) is 5.92 Å². The molecule has 0 saturated heterocycles. The Hall–Kier alpha value is -5.14. The molecule has 1 nitrogen and oxygen atoms in total. The lowest BCUT2D eigenvalue weighted by Gasteiger charge is -2.30. The van der Waals surface area contributed by atoms with Crippen LogP contribution in [-0.2, 0) is 6.42 Å². The highest BCUT2D eigenvalue weighted by atomic mass is 15.1. The second kappa shape index (κ2) is 9.80. The second-order valence-electron chi connectivity index (χ2n) is 10.9. The minimum atomic E-state index is 0.255. The van der Waals surface area contributed by atoms with Crippen molar-refractivity contribution in [1.82, 2.24) is 0 Å². The molecule has 0 bridgehead atoms. The molecule has 1 unspecified atom stereocenters. The van der Waals surface area contributed by atoms with Gasteiger partial charge in [-0.05, 0) is 92.5 Å². The van der Waals surface area contributed by atoms with Crippen molar-refractivity contribution in [2.75, 3.05) is 4.90 Å². The van der Waals surface area contributed by atoms with Gasteiger partial charge < -0.3 is 4.90 Å². The van der Waals surface area contributed by atoms with Gasteiger partial charge in [-0.15, -0.1) is 0 Å². The average Bonchev–Trinajstić information content (AvgIpc) is 3.05. The van der Waals surface area contributed by atoms with Gasteiger partial charge in [0.05, 0.1) is 0 Å². The highest BCUT2D eigenvalue weighted by molar-refractivity contribution is 6.04. The zero-order valence-electron chi connectivity index (χ0n) is 22.7. The van der Waals surface area contributed by atoms with Crippen LogP contribution >= 0.6 is 0 Å². The van der Waals surface area contributed by atoms with Crippen molar-refractivity contribution in [3.8, 4) is 11.1 Å². The highest BCUT2D eigenvalue weighted by Crippen LogP contribution is 2.46. The average molecular weight is 524 g/mol. The number of anilines is 3. The van der Waals surface area contributed by atoms with Crippen molar-refractivity contribution in [2.45, 2.75) is 12.3 Å². The first-order chi connectivity index (χ1) is 20.3.